The van der Waals surface area contributed by atoms with Crippen molar-refractivity contribution in [1.29, 1.82) is 0 Å². The molecule has 1 aromatic rings. The van der Waals surface area contributed by atoms with Crippen LogP contribution in [0.1, 0.15) is 36.0 Å². The normalized spacial score (nSPS) is 23.5. The molecule has 21 heavy (non-hydrogen) atoms. The zero-order valence-corrected chi connectivity index (χ0v) is 12.9. The van der Waals surface area contributed by atoms with Crippen molar-refractivity contribution >= 4 is 23.3 Å². The molecule has 0 aliphatic carbocycles. The second-order valence-corrected chi connectivity index (χ2v) is 6.39. The molecular weight excluding hydrogens is 288 g/mol. The first-order valence-electron chi connectivity index (χ1n) is 7.67. The first-order chi connectivity index (χ1) is 10.1. The standard InChI is InChI=1S/C16H21ClN2O2/c17-12-4-5-15(14(10-12)16(20)21)19-9-6-13(11-19)18-7-2-1-3-8-18/h4-5,10,13H,1-3,6-9,11H2,(H,20,21). The Kier molecular flexibility index (Phi) is 4.36. The van der Waals surface area contributed by atoms with E-state index in [0.717, 1.165) is 25.2 Å². The van der Waals surface area contributed by atoms with E-state index in [-0.39, 0.29) is 0 Å². The fourth-order valence-corrected chi connectivity index (χ4v) is 3.67. The maximum Gasteiger partial charge on any atom is 0.337 e. The molecule has 2 saturated heterocycles. The highest BCUT2D eigenvalue weighted by Crippen LogP contribution is 2.29. The summed E-state index contributed by atoms with van der Waals surface area (Å²) in [6.45, 7) is 4.21. The average molecular weight is 309 g/mol. The van der Waals surface area contributed by atoms with Gasteiger partial charge in [0.25, 0.3) is 0 Å². The SMILES string of the molecule is O=C(O)c1cc(Cl)ccc1N1CCC(N2CCCCC2)C1. The van der Waals surface area contributed by atoms with Gasteiger partial charge in [0.05, 0.1) is 11.3 Å². The molecule has 1 atom stereocenters. The average Bonchev–Trinajstić information content (AvgIpc) is 2.97. The molecule has 1 N–H and O–H groups in total. The van der Waals surface area contributed by atoms with Gasteiger partial charge in [0, 0.05) is 24.2 Å². The largest absolute Gasteiger partial charge is 0.478 e. The van der Waals surface area contributed by atoms with Crippen LogP contribution in [-0.2, 0) is 0 Å². The molecule has 5 heteroatoms. The van der Waals surface area contributed by atoms with Crippen LogP contribution in [0, 0.1) is 0 Å². The minimum Gasteiger partial charge on any atom is -0.478 e. The summed E-state index contributed by atoms with van der Waals surface area (Å²) in [5, 5.41) is 9.84. The Balaban J connectivity index is 1.75. The third-order valence-electron chi connectivity index (χ3n) is 4.60. The Morgan fingerprint density at radius 2 is 1.95 bits per heavy atom. The van der Waals surface area contributed by atoms with E-state index in [2.05, 4.69) is 9.80 Å². The molecule has 2 aliphatic rings. The van der Waals surface area contributed by atoms with Crippen molar-refractivity contribution < 1.29 is 9.90 Å². The molecule has 0 aromatic heterocycles. The van der Waals surface area contributed by atoms with Gasteiger partial charge in [-0.1, -0.05) is 18.0 Å². The van der Waals surface area contributed by atoms with Gasteiger partial charge in [-0.25, -0.2) is 4.79 Å². The van der Waals surface area contributed by atoms with Gasteiger partial charge in [0.15, 0.2) is 0 Å². The smallest absolute Gasteiger partial charge is 0.337 e. The molecule has 114 valence electrons. The molecule has 2 heterocycles. The first-order valence-corrected chi connectivity index (χ1v) is 8.05. The Morgan fingerprint density at radius 1 is 1.19 bits per heavy atom. The summed E-state index contributed by atoms with van der Waals surface area (Å²) in [4.78, 5) is 16.2. The van der Waals surface area contributed by atoms with Gasteiger partial charge in [0.1, 0.15) is 0 Å². The van der Waals surface area contributed by atoms with E-state index in [4.69, 9.17) is 11.6 Å². The fraction of sp³-hybridized carbons (Fsp3) is 0.562. The van der Waals surface area contributed by atoms with Crippen LogP contribution in [0.25, 0.3) is 0 Å². The van der Waals surface area contributed by atoms with Gasteiger partial charge in [-0.2, -0.15) is 0 Å². The van der Waals surface area contributed by atoms with Gasteiger partial charge in [-0.15, -0.1) is 0 Å². The van der Waals surface area contributed by atoms with Crippen molar-refractivity contribution in [2.45, 2.75) is 31.7 Å². The summed E-state index contributed by atoms with van der Waals surface area (Å²) in [5.74, 6) is -0.908. The van der Waals surface area contributed by atoms with Gasteiger partial charge < -0.3 is 10.0 Å². The van der Waals surface area contributed by atoms with E-state index in [0.29, 0.717) is 16.6 Å². The quantitative estimate of drug-likeness (QED) is 0.932. The van der Waals surface area contributed by atoms with Crippen LogP contribution in [0.5, 0.6) is 0 Å². The van der Waals surface area contributed by atoms with E-state index in [1.54, 1.807) is 12.1 Å². The zero-order valence-electron chi connectivity index (χ0n) is 12.1. The Morgan fingerprint density at radius 3 is 2.67 bits per heavy atom. The molecule has 0 saturated carbocycles. The molecule has 1 aromatic carbocycles. The lowest BCUT2D eigenvalue weighted by molar-refractivity contribution is 0.0697. The van der Waals surface area contributed by atoms with Crippen LogP contribution in [0.3, 0.4) is 0 Å². The molecule has 1 unspecified atom stereocenters. The third kappa shape index (κ3) is 3.16. The number of anilines is 1. The predicted molar refractivity (Wildman–Crippen MR) is 84.5 cm³/mol. The molecule has 0 amide bonds. The molecule has 0 spiro atoms. The highest BCUT2D eigenvalue weighted by atomic mass is 35.5. The summed E-state index contributed by atoms with van der Waals surface area (Å²) in [5.41, 5.74) is 1.10. The second-order valence-electron chi connectivity index (χ2n) is 5.95. The maximum atomic E-state index is 11.4. The molecular formula is C16H21ClN2O2. The molecule has 0 radical (unpaired) electrons. The van der Waals surface area contributed by atoms with Gasteiger partial charge >= 0.3 is 5.97 Å². The summed E-state index contributed by atoms with van der Waals surface area (Å²) in [7, 11) is 0. The van der Waals surface area contributed by atoms with Gasteiger partial charge in [-0.3, -0.25) is 4.90 Å². The number of rotatable bonds is 3. The zero-order chi connectivity index (χ0) is 14.8. The molecule has 4 nitrogen and oxygen atoms in total. The van der Waals surface area contributed by atoms with Crippen LogP contribution in [-0.4, -0.2) is 48.2 Å². The Bertz CT molecular complexity index is 529. The van der Waals surface area contributed by atoms with E-state index in [1.807, 2.05) is 6.07 Å². The number of carboxylic acid groups (broad SMARTS) is 1. The minimum atomic E-state index is -0.908. The van der Waals surface area contributed by atoms with Crippen molar-refractivity contribution in [2.24, 2.45) is 0 Å². The topological polar surface area (TPSA) is 43.8 Å². The second kappa shape index (κ2) is 6.24. The number of piperidine rings is 1. The van der Waals surface area contributed by atoms with Crippen LogP contribution in [0.15, 0.2) is 18.2 Å². The van der Waals surface area contributed by atoms with Crippen molar-refractivity contribution in [1.82, 2.24) is 4.90 Å². The van der Waals surface area contributed by atoms with E-state index < -0.39 is 5.97 Å². The number of carboxylic acids is 1. The van der Waals surface area contributed by atoms with Gasteiger partial charge in [-0.05, 0) is 50.6 Å². The number of aromatic carboxylic acids is 1. The minimum absolute atomic E-state index is 0.307. The third-order valence-corrected chi connectivity index (χ3v) is 4.84. The number of benzene rings is 1. The number of nitrogens with zero attached hydrogens (tertiary/aromatic N) is 2. The number of hydrogen-bond donors (Lipinski definition) is 1. The van der Waals surface area contributed by atoms with E-state index >= 15 is 0 Å². The van der Waals surface area contributed by atoms with Crippen LogP contribution in [0.4, 0.5) is 5.69 Å². The molecule has 2 aliphatic heterocycles. The molecule has 3 rings (SSSR count). The monoisotopic (exact) mass is 308 g/mol. The highest BCUT2D eigenvalue weighted by molar-refractivity contribution is 6.31. The number of halogens is 1. The Labute approximate surface area is 130 Å². The first kappa shape index (κ1) is 14.7. The van der Waals surface area contributed by atoms with Crippen LogP contribution in [0.2, 0.25) is 5.02 Å². The van der Waals surface area contributed by atoms with Gasteiger partial charge in [0.2, 0.25) is 0 Å². The lowest BCUT2D eigenvalue weighted by Gasteiger charge is -2.32. The van der Waals surface area contributed by atoms with Crippen molar-refractivity contribution in [3.05, 3.63) is 28.8 Å². The fourth-order valence-electron chi connectivity index (χ4n) is 3.50. The van der Waals surface area contributed by atoms with E-state index in [1.165, 1.54) is 32.4 Å². The number of hydrogen-bond acceptors (Lipinski definition) is 3. The predicted octanol–water partition coefficient (Wildman–Crippen LogP) is 3.10. The van der Waals surface area contributed by atoms with Crippen molar-refractivity contribution in [2.75, 3.05) is 31.1 Å². The molecule has 0 bridgehead atoms. The lowest BCUT2D eigenvalue weighted by Crippen LogP contribution is -2.41. The lowest BCUT2D eigenvalue weighted by atomic mass is 10.1. The van der Waals surface area contributed by atoms with Crippen molar-refractivity contribution in [3.63, 3.8) is 0 Å². The maximum absolute atomic E-state index is 11.4. The highest BCUT2D eigenvalue weighted by Gasteiger charge is 2.30. The van der Waals surface area contributed by atoms with Crippen molar-refractivity contribution in [3.8, 4) is 0 Å². The Hall–Kier alpha value is -1.26. The summed E-state index contributed by atoms with van der Waals surface area (Å²) in [6, 6.07) is 5.72. The summed E-state index contributed by atoms with van der Waals surface area (Å²) < 4.78 is 0. The summed E-state index contributed by atoms with van der Waals surface area (Å²) in [6.07, 6.45) is 5.03. The molecule has 2 fully saturated rings. The summed E-state index contributed by atoms with van der Waals surface area (Å²) >= 11 is 5.93. The van der Waals surface area contributed by atoms with Crippen LogP contribution >= 0.6 is 11.6 Å². The number of carbonyl (C=O) groups is 1. The number of likely N-dealkylation sites (tertiary alicyclic amines) is 1. The van der Waals surface area contributed by atoms with E-state index in [9.17, 15) is 9.90 Å². The van der Waals surface area contributed by atoms with Crippen LogP contribution < -0.4 is 4.90 Å².